The van der Waals surface area contributed by atoms with E-state index in [1.165, 1.54) is 30.5 Å². The van der Waals surface area contributed by atoms with E-state index in [2.05, 4.69) is 20.3 Å². The Labute approximate surface area is 146 Å². The van der Waals surface area contributed by atoms with Gasteiger partial charge in [0.2, 0.25) is 0 Å². The van der Waals surface area contributed by atoms with Crippen LogP contribution < -0.4 is 10.6 Å². The molecule has 0 fully saturated rings. The summed E-state index contributed by atoms with van der Waals surface area (Å²) in [4.78, 5) is 34.8. The number of benzene rings is 1. The van der Waals surface area contributed by atoms with Crippen molar-refractivity contribution in [3.63, 3.8) is 0 Å². The highest BCUT2D eigenvalue weighted by Gasteiger charge is 2.12. The normalized spacial score (nSPS) is 10.1. The molecule has 1 heterocycles. The molecule has 0 aliphatic rings. The second-order valence-corrected chi connectivity index (χ2v) is 5.22. The lowest BCUT2D eigenvalue weighted by Crippen LogP contribution is -2.32. The molecule has 24 heavy (non-hydrogen) atoms. The highest BCUT2D eigenvalue weighted by molar-refractivity contribution is 6.42. The van der Waals surface area contributed by atoms with Crippen molar-refractivity contribution in [3.8, 4) is 0 Å². The summed E-state index contributed by atoms with van der Waals surface area (Å²) in [6, 6.07) is 5.72. The van der Waals surface area contributed by atoms with Crippen molar-refractivity contribution in [2.75, 3.05) is 18.5 Å². The Morgan fingerprint density at radius 2 is 1.96 bits per heavy atom. The number of esters is 1. The number of nitrogens with zero attached hydrogens (tertiary/aromatic N) is 1. The second-order valence-electron chi connectivity index (χ2n) is 4.41. The van der Waals surface area contributed by atoms with Crippen LogP contribution in [0.4, 0.5) is 5.82 Å². The summed E-state index contributed by atoms with van der Waals surface area (Å²) in [5.74, 6) is -1.70. The van der Waals surface area contributed by atoms with Crippen molar-refractivity contribution in [2.24, 2.45) is 0 Å². The third kappa shape index (κ3) is 5.25. The van der Waals surface area contributed by atoms with Gasteiger partial charge in [-0.25, -0.2) is 0 Å². The number of anilines is 1. The van der Waals surface area contributed by atoms with E-state index >= 15 is 0 Å². The Balaban J connectivity index is 1.73. The van der Waals surface area contributed by atoms with Crippen LogP contribution in [0.2, 0.25) is 10.0 Å². The molecule has 126 valence electrons. The fourth-order valence-electron chi connectivity index (χ4n) is 1.54. The van der Waals surface area contributed by atoms with Crippen LogP contribution in [-0.2, 0) is 14.3 Å². The minimum absolute atomic E-state index is 0.198. The molecule has 2 rings (SSSR count). The smallest absolute Gasteiger partial charge is 0.325 e. The van der Waals surface area contributed by atoms with Crippen molar-refractivity contribution in [1.29, 1.82) is 0 Å². The predicted molar refractivity (Wildman–Crippen MR) is 84.9 cm³/mol. The third-order valence-electron chi connectivity index (χ3n) is 2.64. The van der Waals surface area contributed by atoms with E-state index in [1.807, 2.05) is 0 Å². The number of carbonyl (C=O) groups is 3. The standard InChI is InChI=1S/C14H11Cl2N3O5/c15-9-2-1-8(5-10(9)16)14(22)17-6-13(21)23-7-12(20)18-11-3-4-24-19-11/h1-5H,6-7H2,(H,17,22)(H,18,19,20). The van der Waals surface area contributed by atoms with Gasteiger partial charge in [-0.3, -0.25) is 14.4 Å². The zero-order chi connectivity index (χ0) is 17.5. The van der Waals surface area contributed by atoms with Crippen molar-refractivity contribution < 1.29 is 23.6 Å². The average Bonchev–Trinajstić information content (AvgIpc) is 3.06. The molecule has 0 bridgehead atoms. The first-order valence-corrected chi connectivity index (χ1v) is 7.30. The molecule has 1 aromatic carbocycles. The number of hydrogen-bond donors (Lipinski definition) is 2. The fraction of sp³-hybridized carbons (Fsp3) is 0.143. The molecule has 2 amide bonds. The highest BCUT2D eigenvalue weighted by Crippen LogP contribution is 2.22. The number of rotatable bonds is 6. The molecule has 0 unspecified atom stereocenters. The maximum absolute atomic E-state index is 11.8. The predicted octanol–water partition coefficient (Wildman–Crippen LogP) is 1.89. The second kappa shape index (κ2) is 8.32. The topological polar surface area (TPSA) is 111 Å². The van der Waals surface area contributed by atoms with Crippen LogP contribution in [-0.4, -0.2) is 36.1 Å². The lowest BCUT2D eigenvalue weighted by molar-refractivity contribution is -0.146. The van der Waals surface area contributed by atoms with Crippen LogP contribution in [0.25, 0.3) is 0 Å². The van der Waals surface area contributed by atoms with Gasteiger partial charge < -0.3 is 19.9 Å². The molecule has 10 heteroatoms. The maximum Gasteiger partial charge on any atom is 0.325 e. The Morgan fingerprint density at radius 1 is 1.17 bits per heavy atom. The molecule has 8 nitrogen and oxygen atoms in total. The van der Waals surface area contributed by atoms with Gasteiger partial charge >= 0.3 is 5.97 Å². The fourth-order valence-corrected chi connectivity index (χ4v) is 1.84. The molecule has 0 aliphatic carbocycles. The third-order valence-corrected chi connectivity index (χ3v) is 3.38. The van der Waals surface area contributed by atoms with Gasteiger partial charge in [-0.2, -0.15) is 0 Å². The average molecular weight is 372 g/mol. The molecule has 2 N–H and O–H groups in total. The number of aromatic nitrogens is 1. The van der Waals surface area contributed by atoms with Crippen LogP contribution >= 0.6 is 23.2 Å². The molecular weight excluding hydrogens is 361 g/mol. The first-order valence-electron chi connectivity index (χ1n) is 6.55. The minimum atomic E-state index is -0.779. The van der Waals surface area contributed by atoms with Crippen molar-refractivity contribution >= 4 is 46.8 Å². The summed E-state index contributed by atoms with van der Waals surface area (Å²) in [7, 11) is 0. The van der Waals surface area contributed by atoms with Gasteiger partial charge in [-0.15, -0.1) is 0 Å². The molecule has 1 aromatic heterocycles. The van der Waals surface area contributed by atoms with E-state index < -0.39 is 30.9 Å². The van der Waals surface area contributed by atoms with E-state index in [4.69, 9.17) is 27.9 Å². The Bertz CT molecular complexity index is 749. The van der Waals surface area contributed by atoms with Gasteiger partial charge in [-0.1, -0.05) is 28.4 Å². The summed E-state index contributed by atoms with van der Waals surface area (Å²) in [5.41, 5.74) is 0.237. The lowest BCUT2D eigenvalue weighted by Gasteiger charge is -2.07. The minimum Gasteiger partial charge on any atom is -0.454 e. The van der Waals surface area contributed by atoms with E-state index in [9.17, 15) is 14.4 Å². The number of nitrogens with one attached hydrogen (secondary N) is 2. The summed E-state index contributed by atoms with van der Waals surface area (Å²) in [6.45, 7) is -0.926. The van der Waals surface area contributed by atoms with Crippen molar-refractivity contribution in [3.05, 3.63) is 46.1 Å². The Morgan fingerprint density at radius 3 is 2.62 bits per heavy atom. The van der Waals surface area contributed by atoms with Crippen LogP contribution in [0.15, 0.2) is 35.1 Å². The van der Waals surface area contributed by atoms with Crippen molar-refractivity contribution in [1.82, 2.24) is 10.5 Å². The number of ether oxygens (including phenoxy) is 1. The monoisotopic (exact) mass is 371 g/mol. The Kier molecular flexibility index (Phi) is 6.16. The molecule has 0 saturated heterocycles. The molecule has 0 saturated carbocycles. The first kappa shape index (κ1) is 17.8. The van der Waals surface area contributed by atoms with Crippen LogP contribution in [0.5, 0.6) is 0 Å². The molecule has 0 spiro atoms. The SMILES string of the molecule is O=C(COC(=O)CNC(=O)c1ccc(Cl)c(Cl)c1)Nc1ccon1. The first-order chi connectivity index (χ1) is 11.5. The van der Waals surface area contributed by atoms with Crippen molar-refractivity contribution in [2.45, 2.75) is 0 Å². The van der Waals surface area contributed by atoms with E-state index in [-0.39, 0.29) is 16.4 Å². The molecule has 0 radical (unpaired) electrons. The molecular formula is C14H11Cl2N3O5. The number of halogens is 2. The van der Waals surface area contributed by atoms with Gasteiger partial charge in [0.15, 0.2) is 12.4 Å². The zero-order valence-corrected chi connectivity index (χ0v) is 13.6. The number of amides is 2. The lowest BCUT2D eigenvalue weighted by atomic mass is 10.2. The van der Waals surface area contributed by atoms with E-state index in [1.54, 1.807) is 0 Å². The maximum atomic E-state index is 11.8. The summed E-state index contributed by atoms with van der Waals surface area (Å²) >= 11 is 11.6. The number of carbonyl (C=O) groups excluding carboxylic acids is 3. The van der Waals surface area contributed by atoms with E-state index in [0.29, 0.717) is 5.02 Å². The van der Waals surface area contributed by atoms with Crippen LogP contribution in [0.1, 0.15) is 10.4 Å². The van der Waals surface area contributed by atoms with E-state index in [0.717, 1.165) is 0 Å². The summed E-state index contributed by atoms with van der Waals surface area (Å²) in [5, 5.41) is 8.68. The van der Waals surface area contributed by atoms with Crippen LogP contribution in [0, 0.1) is 0 Å². The van der Waals surface area contributed by atoms with Gasteiger partial charge in [0.05, 0.1) is 10.0 Å². The molecule has 0 aliphatic heterocycles. The highest BCUT2D eigenvalue weighted by atomic mass is 35.5. The summed E-state index contributed by atoms with van der Waals surface area (Å²) in [6.07, 6.45) is 1.28. The van der Waals surface area contributed by atoms with Gasteiger partial charge in [0.25, 0.3) is 11.8 Å². The quantitative estimate of drug-likeness (QED) is 0.750. The molecule has 2 aromatic rings. The molecule has 0 atom stereocenters. The Hall–Kier alpha value is -2.58. The van der Waals surface area contributed by atoms with Gasteiger partial charge in [0.1, 0.15) is 12.8 Å². The summed E-state index contributed by atoms with van der Waals surface area (Å²) < 4.78 is 9.24. The van der Waals surface area contributed by atoms with Gasteiger partial charge in [0, 0.05) is 11.6 Å². The van der Waals surface area contributed by atoms with Gasteiger partial charge in [-0.05, 0) is 18.2 Å². The largest absolute Gasteiger partial charge is 0.454 e. The zero-order valence-electron chi connectivity index (χ0n) is 12.0. The number of hydrogen-bond acceptors (Lipinski definition) is 6. The van der Waals surface area contributed by atoms with Crippen LogP contribution in [0.3, 0.4) is 0 Å².